The van der Waals surface area contributed by atoms with E-state index in [9.17, 15) is 14.9 Å². The van der Waals surface area contributed by atoms with Crippen LogP contribution in [0, 0.1) is 16.0 Å². The summed E-state index contributed by atoms with van der Waals surface area (Å²) in [6.45, 7) is 3.58. The fraction of sp³-hybridized carbons (Fsp3) is 0.389. The normalized spacial score (nSPS) is 15.8. The fourth-order valence-corrected chi connectivity index (χ4v) is 3.81. The molecule has 1 aliphatic heterocycles. The molecule has 6 nitrogen and oxygen atoms in total. The first-order chi connectivity index (χ1) is 12.1. The van der Waals surface area contributed by atoms with Gasteiger partial charge in [-0.1, -0.05) is 12.1 Å². The van der Waals surface area contributed by atoms with E-state index in [0.717, 1.165) is 32.5 Å². The minimum atomic E-state index is -0.516. The van der Waals surface area contributed by atoms with Crippen molar-refractivity contribution >= 4 is 22.9 Å². The van der Waals surface area contributed by atoms with E-state index in [4.69, 9.17) is 0 Å². The van der Waals surface area contributed by atoms with Gasteiger partial charge in [0, 0.05) is 19.2 Å². The van der Waals surface area contributed by atoms with Gasteiger partial charge in [0.1, 0.15) is 5.56 Å². The quantitative estimate of drug-likeness (QED) is 0.634. The predicted octanol–water partition coefficient (Wildman–Crippen LogP) is 3.30. The molecule has 1 aromatic heterocycles. The summed E-state index contributed by atoms with van der Waals surface area (Å²) in [4.78, 5) is 25.2. The number of benzene rings is 1. The highest BCUT2D eigenvalue weighted by molar-refractivity contribution is 7.07. The maximum atomic E-state index is 12.3. The zero-order chi connectivity index (χ0) is 17.6. The zero-order valence-corrected chi connectivity index (χ0v) is 14.7. The maximum absolute atomic E-state index is 12.3. The highest BCUT2D eigenvalue weighted by atomic mass is 32.1. The molecule has 3 rings (SSSR count). The Labute approximate surface area is 150 Å². The molecule has 1 saturated heterocycles. The SMILES string of the molecule is O=C(NCC1CCN(Cc2ccsc2)CC1)c1ccccc1[N+](=O)[O-]. The molecule has 1 aliphatic rings. The molecular formula is C18H21N3O3S. The topological polar surface area (TPSA) is 75.5 Å². The third-order valence-electron chi connectivity index (χ3n) is 4.59. The number of hydrogen-bond donors (Lipinski definition) is 1. The summed E-state index contributed by atoms with van der Waals surface area (Å²) in [6.07, 6.45) is 2.06. The van der Waals surface area contributed by atoms with Crippen molar-refractivity contribution in [1.29, 1.82) is 0 Å². The van der Waals surface area contributed by atoms with Crippen LogP contribution >= 0.6 is 11.3 Å². The largest absolute Gasteiger partial charge is 0.352 e. The van der Waals surface area contributed by atoms with Gasteiger partial charge in [-0.05, 0) is 60.3 Å². The van der Waals surface area contributed by atoms with Crippen LogP contribution in [0.3, 0.4) is 0 Å². The van der Waals surface area contributed by atoms with Crippen molar-refractivity contribution in [3.8, 4) is 0 Å². The number of nitrogens with zero attached hydrogens (tertiary/aromatic N) is 2. The van der Waals surface area contributed by atoms with Crippen molar-refractivity contribution in [2.45, 2.75) is 19.4 Å². The second kappa shape index (κ2) is 8.22. The van der Waals surface area contributed by atoms with Gasteiger partial charge in [-0.3, -0.25) is 19.8 Å². The molecule has 1 N–H and O–H groups in total. The van der Waals surface area contributed by atoms with E-state index in [1.165, 1.54) is 17.7 Å². The molecule has 1 amide bonds. The van der Waals surface area contributed by atoms with E-state index >= 15 is 0 Å². The van der Waals surface area contributed by atoms with Gasteiger partial charge in [0.2, 0.25) is 0 Å². The Bertz CT molecular complexity index is 725. The van der Waals surface area contributed by atoms with Crippen LogP contribution in [0.25, 0.3) is 0 Å². The summed E-state index contributed by atoms with van der Waals surface area (Å²) in [7, 11) is 0. The molecule has 2 aromatic rings. The molecule has 0 radical (unpaired) electrons. The fourth-order valence-electron chi connectivity index (χ4n) is 3.15. The Hall–Kier alpha value is -2.25. The summed E-state index contributed by atoms with van der Waals surface area (Å²) < 4.78 is 0. The van der Waals surface area contributed by atoms with Gasteiger partial charge in [0.05, 0.1) is 4.92 Å². The number of carbonyl (C=O) groups excluding carboxylic acids is 1. The number of amides is 1. The summed E-state index contributed by atoms with van der Waals surface area (Å²) >= 11 is 1.72. The molecule has 0 aliphatic carbocycles. The van der Waals surface area contributed by atoms with E-state index in [2.05, 4.69) is 27.0 Å². The number of nitro benzene ring substituents is 1. The lowest BCUT2D eigenvalue weighted by molar-refractivity contribution is -0.385. The number of nitro groups is 1. The number of likely N-dealkylation sites (tertiary alicyclic amines) is 1. The number of piperidine rings is 1. The van der Waals surface area contributed by atoms with Crippen molar-refractivity contribution in [2.24, 2.45) is 5.92 Å². The van der Waals surface area contributed by atoms with Crippen molar-refractivity contribution in [3.63, 3.8) is 0 Å². The van der Waals surface area contributed by atoms with E-state index in [0.29, 0.717) is 12.5 Å². The Morgan fingerprint density at radius 3 is 2.72 bits per heavy atom. The average Bonchev–Trinajstić information content (AvgIpc) is 3.14. The zero-order valence-electron chi connectivity index (χ0n) is 13.9. The van der Waals surface area contributed by atoms with Crippen LogP contribution in [0.15, 0.2) is 41.1 Å². The third-order valence-corrected chi connectivity index (χ3v) is 5.32. The first-order valence-electron chi connectivity index (χ1n) is 8.38. The van der Waals surface area contributed by atoms with Crippen molar-refractivity contribution in [2.75, 3.05) is 19.6 Å². The van der Waals surface area contributed by atoms with Gasteiger partial charge < -0.3 is 5.32 Å². The summed E-state index contributed by atoms with van der Waals surface area (Å²) in [5, 5.41) is 18.2. The van der Waals surface area contributed by atoms with Crippen LogP contribution in [0.1, 0.15) is 28.8 Å². The Kier molecular flexibility index (Phi) is 5.78. The number of rotatable bonds is 6. The number of nitrogens with one attached hydrogen (secondary N) is 1. The first-order valence-corrected chi connectivity index (χ1v) is 9.33. The van der Waals surface area contributed by atoms with Gasteiger partial charge in [0.25, 0.3) is 11.6 Å². The molecule has 132 valence electrons. The molecule has 0 unspecified atom stereocenters. The maximum Gasteiger partial charge on any atom is 0.282 e. The van der Waals surface area contributed by atoms with E-state index in [-0.39, 0.29) is 17.2 Å². The predicted molar refractivity (Wildman–Crippen MR) is 97.7 cm³/mol. The smallest absolute Gasteiger partial charge is 0.282 e. The summed E-state index contributed by atoms with van der Waals surface area (Å²) in [6, 6.07) is 8.22. The number of thiophene rings is 1. The van der Waals surface area contributed by atoms with Crippen molar-refractivity contribution < 1.29 is 9.72 Å². The molecule has 1 aromatic carbocycles. The summed E-state index contributed by atoms with van der Waals surface area (Å²) in [5.41, 5.74) is 1.33. The molecule has 7 heteroatoms. The molecular weight excluding hydrogens is 338 g/mol. The second-order valence-electron chi connectivity index (χ2n) is 6.34. The molecule has 2 heterocycles. The minimum Gasteiger partial charge on any atom is -0.352 e. The van der Waals surface area contributed by atoms with Crippen molar-refractivity contribution in [1.82, 2.24) is 10.2 Å². The molecule has 0 spiro atoms. The first kappa shape index (κ1) is 17.6. The van der Waals surface area contributed by atoms with Crippen LogP contribution in [-0.2, 0) is 6.54 Å². The van der Waals surface area contributed by atoms with E-state index in [1.807, 2.05) is 0 Å². The minimum absolute atomic E-state index is 0.127. The van der Waals surface area contributed by atoms with Crippen LogP contribution in [0.5, 0.6) is 0 Å². The van der Waals surface area contributed by atoms with Crippen molar-refractivity contribution in [3.05, 3.63) is 62.3 Å². The standard InChI is InChI=1S/C18H21N3O3S/c22-18(16-3-1-2-4-17(16)21(23)24)19-11-14-5-8-20(9-6-14)12-15-7-10-25-13-15/h1-4,7,10,13-14H,5-6,8-9,11-12H2,(H,19,22). The average molecular weight is 359 g/mol. The van der Waals surface area contributed by atoms with Crippen LogP contribution in [-0.4, -0.2) is 35.4 Å². The molecule has 0 bridgehead atoms. The second-order valence-corrected chi connectivity index (χ2v) is 7.12. The molecule has 0 saturated carbocycles. The number of hydrogen-bond acceptors (Lipinski definition) is 5. The molecule has 0 atom stereocenters. The molecule has 25 heavy (non-hydrogen) atoms. The Morgan fingerprint density at radius 2 is 2.04 bits per heavy atom. The van der Waals surface area contributed by atoms with Crippen LogP contribution in [0.2, 0.25) is 0 Å². The Balaban J connectivity index is 1.47. The molecule has 1 fully saturated rings. The van der Waals surface area contributed by atoms with Gasteiger partial charge in [-0.2, -0.15) is 11.3 Å². The number of carbonyl (C=O) groups is 1. The van der Waals surface area contributed by atoms with Gasteiger partial charge in [0.15, 0.2) is 0 Å². The van der Waals surface area contributed by atoms with Crippen LogP contribution in [0.4, 0.5) is 5.69 Å². The number of para-hydroxylation sites is 1. The van der Waals surface area contributed by atoms with E-state index in [1.54, 1.807) is 23.5 Å². The monoisotopic (exact) mass is 359 g/mol. The lowest BCUT2D eigenvalue weighted by Crippen LogP contribution is -2.38. The van der Waals surface area contributed by atoms with Crippen LogP contribution < -0.4 is 5.32 Å². The Morgan fingerprint density at radius 1 is 1.28 bits per heavy atom. The summed E-state index contributed by atoms with van der Waals surface area (Å²) in [5.74, 6) is 0.0541. The van der Waals surface area contributed by atoms with Gasteiger partial charge in [-0.15, -0.1) is 0 Å². The van der Waals surface area contributed by atoms with E-state index < -0.39 is 4.92 Å². The van der Waals surface area contributed by atoms with Gasteiger partial charge in [-0.25, -0.2) is 0 Å². The lowest BCUT2D eigenvalue weighted by Gasteiger charge is -2.31. The highest BCUT2D eigenvalue weighted by Crippen LogP contribution is 2.21. The lowest BCUT2D eigenvalue weighted by atomic mass is 9.96. The highest BCUT2D eigenvalue weighted by Gasteiger charge is 2.22. The third kappa shape index (κ3) is 4.64. The van der Waals surface area contributed by atoms with Gasteiger partial charge >= 0.3 is 0 Å².